The summed E-state index contributed by atoms with van der Waals surface area (Å²) in [5, 5.41) is 9.82. The van der Waals surface area contributed by atoms with E-state index in [1.54, 1.807) is 19.0 Å². The molecule has 0 saturated carbocycles. The van der Waals surface area contributed by atoms with Crippen LogP contribution in [0.15, 0.2) is 30.3 Å². The van der Waals surface area contributed by atoms with Gasteiger partial charge in [-0.1, -0.05) is 30.3 Å². The number of benzene rings is 1. The molecule has 0 radical (unpaired) electrons. The molecule has 1 aromatic carbocycles. The summed E-state index contributed by atoms with van der Waals surface area (Å²) in [7, 11) is 3.50. The molecule has 1 fully saturated rings. The number of rotatable bonds is 5. The number of hydrogen-bond donors (Lipinski definition) is 2. The minimum Gasteiger partial charge on any atom is -0.383 e. The third-order valence-corrected chi connectivity index (χ3v) is 4.47. The number of amides is 2. The smallest absolute Gasteiger partial charge is 0.246 e. The van der Waals surface area contributed by atoms with E-state index in [-0.39, 0.29) is 17.9 Å². The van der Waals surface area contributed by atoms with Crippen LogP contribution < -0.4 is 5.73 Å². The second-order valence-electron chi connectivity index (χ2n) is 6.27. The van der Waals surface area contributed by atoms with Crippen molar-refractivity contribution < 1.29 is 14.7 Å². The lowest BCUT2D eigenvalue weighted by Crippen LogP contribution is -2.47. The SMILES string of the molecule is CN(C)C(=O)C(c1ccccc1)N1CCC(C(O)C(N)=O)CC1. The highest BCUT2D eigenvalue weighted by Crippen LogP contribution is 2.29. The van der Waals surface area contributed by atoms with Gasteiger partial charge in [-0.3, -0.25) is 14.5 Å². The quantitative estimate of drug-likeness (QED) is 0.821. The molecule has 1 saturated heterocycles. The number of aliphatic hydroxyl groups excluding tert-OH is 1. The predicted molar refractivity (Wildman–Crippen MR) is 87.4 cm³/mol. The summed E-state index contributed by atoms with van der Waals surface area (Å²) in [4.78, 5) is 27.5. The molecule has 1 aromatic rings. The summed E-state index contributed by atoms with van der Waals surface area (Å²) in [6.45, 7) is 1.29. The van der Waals surface area contributed by atoms with Gasteiger partial charge in [0.2, 0.25) is 11.8 Å². The molecular formula is C17H25N3O3. The molecule has 2 rings (SSSR count). The number of likely N-dealkylation sites (N-methyl/N-ethyl adjacent to an activating group) is 1. The molecule has 1 aliphatic rings. The summed E-state index contributed by atoms with van der Waals surface area (Å²) in [6, 6.07) is 9.35. The minimum absolute atomic E-state index is 0.0325. The summed E-state index contributed by atoms with van der Waals surface area (Å²) in [5.41, 5.74) is 6.14. The van der Waals surface area contributed by atoms with Gasteiger partial charge in [-0.2, -0.15) is 0 Å². The number of aliphatic hydroxyl groups is 1. The van der Waals surface area contributed by atoms with E-state index < -0.39 is 12.0 Å². The van der Waals surface area contributed by atoms with Crippen LogP contribution in [0.4, 0.5) is 0 Å². The van der Waals surface area contributed by atoms with Crippen molar-refractivity contribution in [2.45, 2.75) is 25.0 Å². The zero-order valence-corrected chi connectivity index (χ0v) is 13.7. The first kappa shape index (κ1) is 17.4. The van der Waals surface area contributed by atoms with Gasteiger partial charge >= 0.3 is 0 Å². The Hall–Kier alpha value is -1.92. The van der Waals surface area contributed by atoms with E-state index in [1.807, 2.05) is 30.3 Å². The third-order valence-electron chi connectivity index (χ3n) is 4.47. The average molecular weight is 319 g/mol. The van der Waals surface area contributed by atoms with Crippen molar-refractivity contribution in [3.05, 3.63) is 35.9 Å². The fourth-order valence-corrected chi connectivity index (χ4v) is 3.12. The molecule has 126 valence electrons. The van der Waals surface area contributed by atoms with Gasteiger partial charge in [0.15, 0.2) is 0 Å². The molecule has 2 atom stereocenters. The number of hydrogen-bond acceptors (Lipinski definition) is 4. The van der Waals surface area contributed by atoms with E-state index in [2.05, 4.69) is 4.90 Å². The number of carbonyl (C=O) groups excluding carboxylic acids is 2. The highest BCUT2D eigenvalue weighted by atomic mass is 16.3. The Bertz CT molecular complexity index is 539. The van der Waals surface area contributed by atoms with Crippen LogP contribution in [0.5, 0.6) is 0 Å². The lowest BCUT2D eigenvalue weighted by molar-refractivity contribution is -0.137. The Labute approximate surface area is 136 Å². The molecule has 1 aliphatic heterocycles. The largest absolute Gasteiger partial charge is 0.383 e. The van der Waals surface area contributed by atoms with Gasteiger partial charge in [-0.05, 0) is 37.4 Å². The average Bonchev–Trinajstić information content (AvgIpc) is 2.55. The number of likely N-dealkylation sites (tertiary alicyclic amines) is 1. The third kappa shape index (κ3) is 4.09. The van der Waals surface area contributed by atoms with Crippen molar-refractivity contribution in [3.8, 4) is 0 Å². The van der Waals surface area contributed by atoms with Crippen LogP contribution >= 0.6 is 0 Å². The van der Waals surface area contributed by atoms with Crippen LogP contribution in [0, 0.1) is 5.92 Å². The molecule has 23 heavy (non-hydrogen) atoms. The van der Waals surface area contributed by atoms with E-state index >= 15 is 0 Å². The molecule has 2 unspecified atom stereocenters. The molecule has 6 nitrogen and oxygen atoms in total. The number of piperidine rings is 1. The van der Waals surface area contributed by atoms with Crippen molar-refractivity contribution >= 4 is 11.8 Å². The summed E-state index contributed by atoms with van der Waals surface area (Å²) in [5.74, 6) is -0.771. The van der Waals surface area contributed by atoms with Crippen LogP contribution in [-0.2, 0) is 9.59 Å². The van der Waals surface area contributed by atoms with Gasteiger partial charge in [0, 0.05) is 14.1 Å². The van der Waals surface area contributed by atoms with Crippen LogP contribution in [-0.4, -0.2) is 60.0 Å². The maximum Gasteiger partial charge on any atom is 0.246 e. The molecular weight excluding hydrogens is 294 g/mol. The van der Waals surface area contributed by atoms with Gasteiger partial charge in [0.1, 0.15) is 12.1 Å². The lowest BCUT2D eigenvalue weighted by atomic mass is 9.89. The van der Waals surface area contributed by atoms with Gasteiger partial charge < -0.3 is 15.7 Å². The van der Waals surface area contributed by atoms with Crippen LogP contribution in [0.2, 0.25) is 0 Å². The highest BCUT2D eigenvalue weighted by molar-refractivity contribution is 5.83. The first-order valence-corrected chi connectivity index (χ1v) is 7.89. The second kappa shape index (κ2) is 7.57. The Morgan fingerprint density at radius 1 is 1.22 bits per heavy atom. The van der Waals surface area contributed by atoms with Crippen LogP contribution in [0.1, 0.15) is 24.4 Å². The maximum absolute atomic E-state index is 12.6. The molecule has 0 bridgehead atoms. The highest BCUT2D eigenvalue weighted by Gasteiger charge is 2.34. The number of nitrogens with zero attached hydrogens (tertiary/aromatic N) is 2. The maximum atomic E-state index is 12.6. The molecule has 2 amide bonds. The second-order valence-corrected chi connectivity index (χ2v) is 6.27. The molecule has 1 heterocycles. The van der Waals surface area contributed by atoms with E-state index in [9.17, 15) is 14.7 Å². The van der Waals surface area contributed by atoms with Crippen molar-refractivity contribution in [2.24, 2.45) is 11.7 Å². The predicted octanol–water partition coefficient (Wildman–Crippen LogP) is 0.374. The van der Waals surface area contributed by atoms with E-state index in [1.165, 1.54) is 0 Å². The summed E-state index contributed by atoms with van der Waals surface area (Å²) >= 11 is 0. The zero-order valence-electron chi connectivity index (χ0n) is 13.7. The van der Waals surface area contributed by atoms with Gasteiger partial charge in [-0.15, -0.1) is 0 Å². The topological polar surface area (TPSA) is 86.9 Å². The van der Waals surface area contributed by atoms with Gasteiger partial charge in [0.25, 0.3) is 0 Å². The Kier molecular flexibility index (Phi) is 5.74. The van der Waals surface area contributed by atoms with Gasteiger partial charge in [0.05, 0.1) is 0 Å². The van der Waals surface area contributed by atoms with Gasteiger partial charge in [-0.25, -0.2) is 0 Å². The summed E-state index contributed by atoms with van der Waals surface area (Å²) < 4.78 is 0. The van der Waals surface area contributed by atoms with E-state index in [4.69, 9.17) is 5.73 Å². The minimum atomic E-state index is -1.10. The fourth-order valence-electron chi connectivity index (χ4n) is 3.12. The Morgan fingerprint density at radius 2 is 1.78 bits per heavy atom. The number of carbonyl (C=O) groups is 2. The first-order chi connectivity index (χ1) is 10.9. The van der Waals surface area contributed by atoms with Crippen molar-refractivity contribution in [1.29, 1.82) is 0 Å². The van der Waals surface area contributed by atoms with Crippen LogP contribution in [0.25, 0.3) is 0 Å². The monoisotopic (exact) mass is 319 g/mol. The number of nitrogens with two attached hydrogens (primary N) is 1. The molecule has 0 aromatic heterocycles. The van der Waals surface area contributed by atoms with Crippen LogP contribution in [0.3, 0.4) is 0 Å². The van der Waals surface area contributed by atoms with E-state index in [0.717, 1.165) is 5.56 Å². The molecule has 3 N–H and O–H groups in total. The Balaban J connectivity index is 2.13. The van der Waals surface area contributed by atoms with E-state index in [0.29, 0.717) is 25.9 Å². The van der Waals surface area contributed by atoms with Crippen molar-refractivity contribution in [2.75, 3.05) is 27.2 Å². The number of primary amides is 1. The fraction of sp³-hybridized carbons (Fsp3) is 0.529. The standard InChI is InChI=1S/C17H25N3O3/c1-19(2)17(23)14(12-6-4-3-5-7-12)20-10-8-13(9-11-20)15(21)16(18)22/h3-7,13-15,21H,8-11H2,1-2H3,(H2,18,22). The first-order valence-electron chi connectivity index (χ1n) is 7.89. The van der Waals surface area contributed by atoms with Crippen molar-refractivity contribution in [3.63, 3.8) is 0 Å². The lowest BCUT2D eigenvalue weighted by Gasteiger charge is -2.38. The van der Waals surface area contributed by atoms with Crippen molar-refractivity contribution in [1.82, 2.24) is 9.80 Å². The Morgan fingerprint density at radius 3 is 2.26 bits per heavy atom. The normalized spacial score (nSPS) is 19.1. The molecule has 0 aliphatic carbocycles. The summed E-state index contributed by atoms with van der Waals surface area (Å²) in [6.07, 6.45) is 0.194. The molecule has 6 heteroatoms. The molecule has 0 spiro atoms. The zero-order chi connectivity index (χ0) is 17.0.